The highest BCUT2D eigenvalue weighted by Crippen LogP contribution is 2.16. The fourth-order valence-corrected chi connectivity index (χ4v) is 2.67. The van der Waals surface area contributed by atoms with E-state index in [1.807, 2.05) is 4.90 Å². The molecule has 1 saturated heterocycles. The topological polar surface area (TPSA) is 77.0 Å². The molecule has 0 aliphatic carbocycles. The molecule has 0 bridgehead atoms. The molecule has 0 radical (unpaired) electrons. The van der Waals surface area contributed by atoms with Gasteiger partial charge in [-0.3, -0.25) is 4.79 Å². The highest BCUT2D eigenvalue weighted by Gasteiger charge is 2.21. The first kappa shape index (κ1) is 15.0. The zero-order chi connectivity index (χ0) is 14.5. The lowest BCUT2D eigenvalue weighted by atomic mass is 10.0. The molecule has 2 unspecified atom stereocenters. The molecule has 2 atom stereocenters. The number of likely N-dealkylation sites (tertiary alicyclic amines) is 1. The second-order valence-electron chi connectivity index (χ2n) is 5.82. The van der Waals surface area contributed by atoms with Crippen molar-refractivity contribution in [1.82, 2.24) is 19.9 Å². The predicted molar refractivity (Wildman–Crippen MR) is 76.8 cm³/mol. The Morgan fingerprint density at radius 3 is 3.10 bits per heavy atom. The maximum Gasteiger partial charge on any atom is 0.244 e. The lowest BCUT2D eigenvalue weighted by molar-refractivity contribution is -0.133. The molecule has 2 rings (SSSR count). The summed E-state index contributed by atoms with van der Waals surface area (Å²) in [4.78, 5) is 14.2. The van der Waals surface area contributed by atoms with Crippen LogP contribution in [-0.4, -0.2) is 38.9 Å². The fraction of sp³-hybridized carbons (Fsp3) is 0.786. The van der Waals surface area contributed by atoms with Crippen molar-refractivity contribution in [2.24, 2.45) is 11.7 Å². The summed E-state index contributed by atoms with van der Waals surface area (Å²) in [5, 5.41) is 8.08. The van der Waals surface area contributed by atoms with Gasteiger partial charge in [0.1, 0.15) is 6.54 Å². The Hall–Kier alpha value is -1.43. The molecule has 20 heavy (non-hydrogen) atoms. The molecule has 6 nitrogen and oxygen atoms in total. The summed E-state index contributed by atoms with van der Waals surface area (Å²) in [7, 11) is 0. The number of carbonyl (C=O) groups is 1. The lowest BCUT2D eigenvalue weighted by Gasteiger charge is -2.30. The first-order valence-electron chi connectivity index (χ1n) is 7.53. The zero-order valence-corrected chi connectivity index (χ0v) is 12.5. The molecule has 1 aromatic heterocycles. The van der Waals surface area contributed by atoms with Gasteiger partial charge in [0.15, 0.2) is 0 Å². The molecule has 1 aliphatic rings. The van der Waals surface area contributed by atoms with E-state index in [4.69, 9.17) is 5.73 Å². The first-order valence-corrected chi connectivity index (χ1v) is 7.53. The molecule has 2 N–H and O–H groups in total. The molecule has 2 heterocycles. The molecule has 0 aromatic carbocycles. The number of nitrogens with two attached hydrogens (primary N) is 1. The molecule has 1 amide bonds. The number of hydrogen-bond acceptors (Lipinski definition) is 4. The van der Waals surface area contributed by atoms with Gasteiger partial charge in [0.2, 0.25) is 5.91 Å². The Balaban J connectivity index is 1.91. The van der Waals surface area contributed by atoms with Crippen LogP contribution >= 0.6 is 0 Å². The Morgan fingerprint density at radius 1 is 1.60 bits per heavy atom. The average molecular weight is 279 g/mol. The van der Waals surface area contributed by atoms with Crippen LogP contribution in [0.3, 0.4) is 0 Å². The van der Waals surface area contributed by atoms with Crippen molar-refractivity contribution >= 4 is 5.91 Å². The molecule has 1 aliphatic heterocycles. The first-order chi connectivity index (χ1) is 9.60. The van der Waals surface area contributed by atoms with E-state index in [1.54, 1.807) is 10.9 Å². The monoisotopic (exact) mass is 279 g/mol. The third kappa shape index (κ3) is 3.79. The van der Waals surface area contributed by atoms with Crippen LogP contribution in [0, 0.1) is 5.92 Å². The summed E-state index contributed by atoms with van der Waals surface area (Å²) < 4.78 is 1.60. The van der Waals surface area contributed by atoms with Gasteiger partial charge in [0.05, 0.1) is 17.9 Å². The number of piperidine rings is 1. The van der Waals surface area contributed by atoms with Crippen molar-refractivity contribution in [3.63, 3.8) is 0 Å². The highest BCUT2D eigenvalue weighted by atomic mass is 16.2. The van der Waals surface area contributed by atoms with Gasteiger partial charge in [-0.2, -0.15) is 0 Å². The fourth-order valence-electron chi connectivity index (χ4n) is 2.67. The van der Waals surface area contributed by atoms with Crippen molar-refractivity contribution in [3.05, 3.63) is 11.9 Å². The number of carbonyl (C=O) groups excluding carboxylic acids is 1. The molecular weight excluding hydrogens is 254 g/mol. The van der Waals surface area contributed by atoms with Gasteiger partial charge in [-0.05, 0) is 25.2 Å². The van der Waals surface area contributed by atoms with Crippen LogP contribution < -0.4 is 5.73 Å². The van der Waals surface area contributed by atoms with Crippen LogP contribution in [0.2, 0.25) is 0 Å². The Labute approximate surface area is 120 Å². The van der Waals surface area contributed by atoms with Gasteiger partial charge in [-0.1, -0.05) is 25.5 Å². The summed E-state index contributed by atoms with van der Waals surface area (Å²) in [5.41, 5.74) is 6.77. The minimum atomic E-state index is -0.0844. The SMILES string of the molecule is CCCC(N)c1cn(CC(=O)N2CCCC(C)C2)nn1. The maximum absolute atomic E-state index is 12.2. The van der Waals surface area contributed by atoms with Crippen molar-refractivity contribution in [3.8, 4) is 0 Å². The zero-order valence-electron chi connectivity index (χ0n) is 12.5. The van der Waals surface area contributed by atoms with Gasteiger partial charge in [-0.25, -0.2) is 4.68 Å². The van der Waals surface area contributed by atoms with Crippen LogP contribution in [0.1, 0.15) is 51.3 Å². The van der Waals surface area contributed by atoms with Gasteiger partial charge < -0.3 is 10.6 Å². The van der Waals surface area contributed by atoms with Gasteiger partial charge in [0, 0.05) is 13.1 Å². The minimum Gasteiger partial charge on any atom is -0.341 e. The average Bonchev–Trinajstić information content (AvgIpc) is 2.87. The summed E-state index contributed by atoms with van der Waals surface area (Å²) in [6.07, 6.45) is 6.00. The van der Waals surface area contributed by atoms with Crippen molar-refractivity contribution in [1.29, 1.82) is 0 Å². The van der Waals surface area contributed by atoms with Gasteiger partial charge in [0.25, 0.3) is 0 Å². The van der Waals surface area contributed by atoms with Crippen LogP contribution in [0.15, 0.2) is 6.20 Å². The standard InChI is InChI=1S/C14H25N5O/c1-3-5-12(15)13-9-19(17-16-13)10-14(20)18-7-4-6-11(2)8-18/h9,11-12H,3-8,10,15H2,1-2H3. The largest absolute Gasteiger partial charge is 0.341 e. The van der Waals surface area contributed by atoms with Crippen molar-refractivity contribution < 1.29 is 4.79 Å². The normalized spacial score (nSPS) is 20.9. The Morgan fingerprint density at radius 2 is 2.40 bits per heavy atom. The van der Waals surface area contributed by atoms with E-state index in [0.29, 0.717) is 5.92 Å². The van der Waals surface area contributed by atoms with Crippen LogP contribution in [-0.2, 0) is 11.3 Å². The van der Waals surface area contributed by atoms with Crippen molar-refractivity contribution in [2.45, 2.75) is 52.1 Å². The highest BCUT2D eigenvalue weighted by molar-refractivity contribution is 5.76. The van der Waals surface area contributed by atoms with E-state index in [0.717, 1.165) is 38.0 Å². The Kier molecular flexibility index (Phi) is 5.11. The van der Waals surface area contributed by atoms with Crippen molar-refractivity contribution in [2.75, 3.05) is 13.1 Å². The van der Waals surface area contributed by atoms with E-state index in [2.05, 4.69) is 24.2 Å². The smallest absolute Gasteiger partial charge is 0.244 e. The third-order valence-corrected chi connectivity index (χ3v) is 3.84. The molecule has 1 aromatic rings. The lowest BCUT2D eigenvalue weighted by Crippen LogP contribution is -2.40. The van der Waals surface area contributed by atoms with E-state index in [9.17, 15) is 4.79 Å². The molecule has 112 valence electrons. The van der Waals surface area contributed by atoms with E-state index in [-0.39, 0.29) is 18.5 Å². The summed E-state index contributed by atoms with van der Waals surface area (Å²) in [6, 6.07) is -0.0844. The number of nitrogens with zero attached hydrogens (tertiary/aromatic N) is 4. The Bertz CT molecular complexity index is 445. The quantitative estimate of drug-likeness (QED) is 0.882. The minimum absolute atomic E-state index is 0.0844. The summed E-state index contributed by atoms with van der Waals surface area (Å²) >= 11 is 0. The van der Waals surface area contributed by atoms with Gasteiger partial charge >= 0.3 is 0 Å². The summed E-state index contributed by atoms with van der Waals surface area (Å²) in [6.45, 7) is 6.26. The van der Waals surface area contributed by atoms with E-state index >= 15 is 0 Å². The number of amides is 1. The molecule has 1 fully saturated rings. The number of aromatic nitrogens is 3. The van der Waals surface area contributed by atoms with Crippen LogP contribution in [0.4, 0.5) is 0 Å². The van der Waals surface area contributed by atoms with E-state index < -0.39 is 0 Å². The molecule has 0 saturated carbocycles. The second kappa shape index (κ2) is 6.83. The predicted octanol–water partition coefficient (Wildman–Crippen LogP) is 1.34. The molecule has 0 spiro atoms. The van der Waals surface area contributed by atoms with Crippen LogP contribution in [0.25, 0.3) is 0 Å². The molecular formula is C14H25N5O. The second-order valence-corrected chi connectivity index (χ2v) is 5.82. The third-order valence-electron chi connectivity index (χ3n) is 3.84. The number of rotatable bonds is 5. The van der Waals surface area contributed by atoms with Crippen LogP contribution in [0.5, 0.6) is 0 Å². The number of hydrogen-bond donors (Lipinski definition) is 1. The molecule has 6 heteroatoms. The summed E-state index contributed by atoms with van der Waals surface area (Å²) in [5.74, 6) is 0.717. The van der Waals surface area contributed by atoms with E-state index in [1.165, 1.54) is 6.42 Å². The van der Waals surface area contributed by atoms with Gasteiger partial charge in [-0.15, -0.1) is 5.10 Å². The maximum atomic E-state index is 12.2.